The van der Waals surface area contributed by atoms with Crippen molar-refractivity contribution in [3.05, 3.63) is 12.4 Å². The standard InChI is InChI=1S/C4H3N3S/c1-3-4(8-6-1)2-5-7-3/h1-2,6H. The van der Waals surface area contributed by atoms with Crippen molar-refractivity contribution in [2.24, 2.45) is 0 Å². The van der Waals surface area contributed by atoms with E-state index in [1.807, 2.05) is 6.20 Å². The van der Waals surface area contributed by atoms with Crippen molar-refractivity contribution in [1.29, 1.82) is 0 Å². The molecule has 0 fully saturated rings. The van der Waals surface area contributed by atoms with Crippen molar-refractivity contribution in [2.45, 2.75) is 0 Å². The van der Waals surface area contributed by atoms with Crippen LogP contribution in [0.25, 0.3) is 10.6 Å². The third-order valence-electron chi connectivity index (χ3n) is 0.957. The highest BCUT2D eigenvalue weighted by molar-refractivity contribution is 7.09. The fourth-order valence-corrected chi connectivity index (χ4v) is 1.19. The molecule has 0 saturated carbocycles. The highest BCUT2D eigenvalue weighted by Crippen LogP contribution is 2.20. The van der Waals surface area contributed by atoms with E-state index in [1.165, 1.54) is 0 Å². The van der Waals surface area contributed by atoms with Gasteiger partial charge in [0, 0.05) is 6.20 Å². The Morgan fingerprint density at radius 2 is 2.62 bits per heavy atom. The van der Waals surface area contributed by atoms with Crippen LogP contribution >= 0.6 is 11.5 Å². The Bertz CT molecular complexity index is 203. The van der Waals surface area contributed by atoms with Crippen LogP contribution in [0, 0.1) is 0 Å². The minimum absolute atomic E-state index is 0.954. The van der Waals surface area contributed by atoms with Crippen LogP contribution in [-0.4, -0.2) is 14.6 Å². The topological polar surface area (TPSA) is 41.6 Å². The first kappa shape index (κ1) is 4.03. The number of aromatic nitrogens is 3. The zero-order valence-electron chi connectivity index (χ0n) is 3.96. The Balaban J connectivity index is 2.84. The van der Waals surface area contributed by atoms with Gasteiger partial charge in [-0.1, -0.05) is 11.5 Å². The molecule has 1 N–H and O–H groups in total. The molecule has 2 aliphatic rings. The summed E-state index contributed by atoms with van der Waals surface area (Å²) in [5.41, 5.74) is 0.954. The van der Waals surface area contributed by atoms with Crippen molar-refractivity contribution >= 4 is 11.5 Å². The lowest BCUT2D eigenvalue weighted by molar-refractivity contribution is 1.10. The predicted molar refractivity (Wildman–Crippen MR) is 30.9 cm³/mol. The highest BCUT2D eigenvalue weighted by Gasteiger charge is 2.03. The fraction of sp³-hybridized carbons (Fsp3) is 0. The van der Waals surface area contributed by atoms with Crippen molar-refractivity contribution in [3.8, 4) is 10.6 Å². The summed E-state index contributed by atoms with van der Waals surface area (Å²) in [7, 11) is 0. The van der Waals surface area contributed by atoms with Crippen LogP contribution in [0.2, 0.25) is 0 Å². The Morgan fingerprint density at radius 1 is 1.62 bits per heavy atom. The molecule has 40 valence electrons. The van der Waals surface area contributed by atoms with Gasteiger partial charge in [0.05, 0.1) is 11.1 Å². The Hall–Kier alpha value is -0.900. The zero-order chi connectivity index (χ0) is 5.40. The molecule has 2 aliphatic heterocycles. The predicted octanol–water partition coefficient (Wildman–Crippen LogP) is 0.971. The summed E-state index contributed by atoms with van der Waals surface area (Å²) in [6, 6.07) is 0. The van der Waals surface area contributed by atoms with Gasteiger partial charge in [0.1, 0.15) is 5.69 Å². The molecule has 0 aromatic heterocycles. The summed E-state index contributed by atoms with van der Waals surface area (Å²) in [6.07, 6.45) is 3.59. The monoisotopic (exact) mass is 125 g/mol. The molecule has 0 bridgehead atoms. The lowest BCUT2D eigenvalue weighted by Crippen LogP contribution is -1.63. The van der Waals surface area contributed by atoms with E-state index >= 15 is 0 Å². The van der Waals surface area contributed by atoms with Crippen LogP contribution < -0.4 is 0 Å². The highest BCUT2D eigenvalue weighted by atomic mass is 32.1. The van der Waals surface area contributed by atoms with E-state index in [2.05, 4.69) is 14.6 Å². The first-order valence-corrected chi connectivity index (χ1v) is 3.02. The smallest absolute Gasteiger partial charge is 0.123 e. The van der Waals surface area contributed by atoms with Crippen LogP contribution in [0.1, 0.15) is 0 Å². The SMILES string of the molecule is c1[nH]sc2cnnc1-2. The number of H-pyrrole nitrogens is 1. The van der Waals surface area contributed by atoms with E-state index in [9.17, 15) is 0 Å². The lowest BCUT2D eigenvalue weighted by atomic mass is 10.4. The van der Waals surface area contributed by atoms with Gasteiger partial charge in [0.25, 0.3) is 0 Å². The molecule has 8 heavy (non-hydrogen) atoms. The maximum Gasteiger partial charge on any atom is 0.123 e. The maximum atomic E-state index is 3.81. The molecule has 0 aliphatic carbocycles. The van der Waals surface area contributed by atoms with E-state index in [0.717, 1.165) is 10.6 Å². The Morgan fingerprint density at radius 3 is 3.50 bits per heavy atom. The summed E-state index contributed by atoms with van der Waals surface area (Å²) in [5.74, 6) is 0. The minimum Gasteiger partial charge on any atom is -0.316 e. The summed E-state index contributed by atoms with van der Waals surface area (Å²) in [4.78, 5) is 1.12. The molecule has 0 aromatic rings. The second-order valence-electron chi connectivity index (χ2n) is 1.46. The molecular weight excluding hydrogens is 122 g/mol. The Kier molecular flexibility index (Phi) is 0.648. The number of aromatic amines is 1. The molecule has 2 rings (SSSR count). The number of rotatable bonds is 0. The second kappa shape index (κ2) is 1.29. The van der Waals surface area contributed by atoms with Crippen molar-refractivity contribution in [1.82, 2.24) is 14.6 Å². The van der Waals surface area contributed by atoms with E-state index in [0.29, 0.717) is 0 Å². The minimum atomic E-state index is 0.954. The molecule has 0 amide bonds. The van der Waals surface area contributed by atoms with E-state index in [1.54, 1.807) is 17.7 Å². The van der Waals surface area contributed by atoms with Gasteiger partial charge in [-0.3, -0.25) is 0 Å². The lowest BCUT2D eigenvalue weighted by Gasteiger charge is -1.69. The third kappa shape index (κ3) is 0.376. The van der Waals surface area contributed by atoms with Crippen molar-refractivity contribution in [2.75, 3.05) is 0 Å². The molecule has 0 saturated heterocycles. The van der Waals surface area contributed by atoms with E-state index in [-0.39, 0.29) is 0 Å². The van der Waals surface area contributed by atoms with Gasteiger partial charge in [-0.2, -0.15) is 5.10 Å². The summed E-state index contributed by atoms with van der Waals surface area (Å²) in [6.45, 7) is 0. The molecular formula is C4H3N3S. The molecule has 3 nitrogen and oxygen atoms in total. The van der Waals surface area contributed by atoms with Gasteiger partial charge in [-0.15, -0.1) is 5.10 Å². The molecule has 0 spiro atoms. The van der Waals surface area contributed by atoms with Gasteiger partial charge in [-0.05, 0) is 0 Å². The zero-order valence-corrected chi connectivity index (χ0v) is 4.77. The van der Waals surface area contributed by atoms with E-state index < -0.39 is 0 Å². The summed E-state index contributed by atoms with van der Waals surface area (Å²) in [5, 5.41) is 7.51. The molecule has 0 unspecified atom stereocenters. The quantitative estimate of drug-likeness (QED) is 0.570. The Labute approximate surface area is 49.9 Å². The van der Waals surface area contributed by atoms with Gasteiger partial charge >= 0.3 is 0 Å². The molecule has 4 heteroatoms. The number of nitrogens with zero attached hydrogens (tertiary/aromatic N) is 2. The van der Waals surface area contributed by atoms with Crippen LogP contribution in [0.5, 0.6) is 0 Å². The van der Waals surface area contributed by atoms with E-state index in [4.69, 9.17) is 0 Å². The van der Waals surface area contributed by atoms with Gasteiger partial charge in [0.15, 0.2) is 0 Å². The van der Waals surface area contributed by atoms with Gasteiger partial charge < -0.3 is 4.37 Å². The summed E-state index contributed by atoms with van der Waals surface area (Å²) >= 11 is 1.54. The maximum absolute atomic E-state index is 3.81. The van der Waals surface area contributed by atoms with Crippen molar-refractivity contribution in [3.63, 3.8) is 0 Å². The first-order chi connectivity index (χ1) is 3.97. The average molecular weight is 125 g/mol. The second-order valence-corrected chi connectivity index (χ2v) is 2.34. The van der Waals surface area contributed by atoms with Crippen LogP contribution in [-0.2, 0) is 0 Å². The molecule has 2 heterocycles. The average Bonchev–Trinajstić information content (AvgIpc) is 2.15. The fourth-order valence-electron chi connectivity index (χ4n) is 0.586. The normalized spacial score (nSPS) is 10.5. The third-order valence-corrected chi connectivity index (χ3v) is 1.73. The molecule has 0 aromatic carbocycles. The first-order valence-electron chi connectivity index (χ1n) is 2.21. The molecule has 0 atom stereocenters. The summed E-state index contributed by atoms with van der Waals surface area (Å²) < 4.78 is 2.96. The van der Waals surface area contributed by atoms with Gasteiger partial charge in [-0.25, -0.2) is 0 Å². The number of hydrogen-bond donors (Lipinski definition) is 1. The largest absolute Gasteiger partial charge is 0.316 e. The van der Waals surface area contributed by atoms with Gasteiger partial charge in [0.2, 0.25) is 0 Å². The molecule has 0 radical (unpaired) electrons. The van der Waals surface area contributed by atoms with Crippen LogP contribution in [0.4, 0.5) is 0 Å². The van der Waals surface area contributed by atoms with Crippen LogP contribution in [0.3, 0.4) is 0 Å². The van der Waals surface area contributed by atoms with Crippen molar-refractivity contribution < 1.29 is 0 Å². The number of nitrogens with one attached hydrogen (secondary N) is 1. The van der Waals surface area contributed by atoms with Crippen LogP contribution in [0.15, 0.2) is 12.4 Å². The number of fused-ring (bicyclic) bond motifs is 1. The number of hydrogen-bond acceptors (Lipinski definition) is 3.